The first kappa shape index (κ1) is 12.9. The highest BCUT2D eigenvalue weighted by molar-refractivity contribution is 5.79. The van der Waals surface area contributed by atoms with Crippen molar-refractivity contribution in [3.8, 4) is 11.6 Å². The Labute approximate surface area is 110 Å². The zero-order valence-electron chi connectivity index (χ0n) is 10.7. The molecule has 0 unspecified atom stereocenters. The van der Waals surface area contributed by atoms with E-state index in [-0.39, 0.29) is 0 Å². The van der Waals surface area contributed by atoms with Gasteiger partial charge in [0.25, 0.3) is 0 Å². The van der Waals surface area contributed by atoms with E-state index in [2.05, 4.69) is 37.4 Å². The molecule has 0 atom stereocenters. The second kappa shape index (κ2) is 6.39. The lowest BCUT2D eigenvalue weighted by Crippen LogP contribution is -2.37. The van der Waals surface area contributed by atoms with Crippen LogP contribution in [0.3, 0.4) is 0 Å². The third-order valence-corrected chi connectivity index (χ3v) is 2.33. The zero-order valence-corrected chi connectivity index (χ0v) is 10.7. The largest absolute Gasteiger partial charge is 0.461 e. The van der Waals surface area contributed by atoms with Crippen LogP contribution >= 0.6 is 0 Å². The van der Waals surface area contributed by atoms with Crippen LogP contribution in [0.25, 0.3) is 11.6 Å². The molecule has 2 heterocycles. The van der Waals surface area contributed by atoms with Gasteiger partial charge in [0.15, 0.2) is 11.7 Å². The zero-order chi connectivity index (χ0) is 13.5. The molecular formula is C12H16N6O. The van der Waals surface area contributed by atoms with Gasteiger partial charge in [-0.1, -0.05) is 6.08 Å². The molecule has 0 bridgehead atoms. The summed E-state index contributed by atoms with van der Waals surface area (Å²) in [7, 11) is 1.70. The molecule has 19 heavy (non-hydrogen) atoms. The molecule has 100 valence electrons. The number of furan rings is 1. The van der Waals surface area contributed by atoms with E-state index in [0.717, 1.165) is 0 Å². The molecule has 0 saturated carbocycles. The highest BCUT2D eigenvalue weighted by atomic mass is 16.3. The number of aromatic amines is 1. The molecule has 0 aliphatic heterocycles. The van der Waals surface area contributed by atoms with E-state index in [9.17, 15) is 0 Å². The van der Waals surface area contributed by atoms with Crippen LogP contribution in [0, 0.1) is 0 Å². The SMILES string of the molecule is C=CCNC(=NC)NCc1nc(-c2ccco2)n[nH]1. The first-order valence-corrected chi connectivity index (χ1v) is 5.84. The van der Waals surface area contributed by atoms with E-state index >= 15 is 0 Å². The minimum absolute atomic E-state index is 0.491. The Morgan fingerprint density at radius 3 is 3.16 bits per heavy atom. The first-order chi connectivity index (χ1) is 9.33. The number of nitrogens with one attached hydrogen (secondary N) is 3. The molecule has 0 aliphatic carbocycles. The third kappa shape index (κ3) is 3.44. The topological polar surface area (TPSA) is 91.1 Å². The normalized spacial score (nSPS) is 11.3. The predicted molar refractivity (Wildman–Crippen MR) is 72.5 cm³/mol. The smallest absolute Gasteiger partial charge is 0.216 e. The summed E-state index contributed by atoms with van der Waals surface area (Å²) >= 11 is 0. The molecule has 3 N–H and O–H groups in total. The summed E-state index contributed by atoms with van der Waals surface area (Å²) in [6.45, 7) is 4.77. The Balaban J connectivity index is 1.91. The van der Waals surface area contributed by atoms with Gasteiger partial charge in [0.2, 0.25) is 5.82 Å². The maximum absolute atomic E-state index is 5.22. The highest BCUT2D eigenvalue weighted by Gasteiger charge is 2.08. The van der Waals surface area contributed by atoms with Crippen LogP contribution in [0.4, 0.5) is 0 Å². The molecular weight excluding hydrogens is 244 g/mol. The molecule has 0 saturated heterocycles. The molecule has 0 spiro atoms. The fraction of sp³-hybridized carbons (Fsp3) is 0.250. The van der Waals surface area contributed by atoms with Gasteiger partial charge in [-0.2, -0.15) is 0 Å². The molecule has 0 aromatic carbocycles. The fourth-order valence-electron chi connectivity index (χ4n) is 1.45. The van der Waals surface area contributed by atoms with Crippen LogP contribution in [0.1, 0.15) is 5.82 Å². The Kier molecular flexibility index (Phi) is 4.33. The van der Waals surface area contributed by atoms with E-state index in [1.807, 2.05) is 6.07 Å². The van der Waals surface area contributed by atoms with Crippen LogP contribution in [0.5, 0.6) is 0 Å². The molecule has 0 radical (unpaired) electrons. The van der Waals surface area contributed by atoms with Crippen molar-refractivity contribution in [3.05, 3.63) is 36.9 Å². The minimum Gasteiger partial charge on any atom is -0.461 e. The predicted octanol–water partition coefficient (Wildman–Crippen LogP) is 0.916. The van der Waals surface area contributed by atoms with Crippen molar-refractivity contribution in [1.29, 1.82) is 0 Å². The number of guanidine groups is 1. The van der Waals surface area contributed by atoms with E-state index in [1.165, 1.54) is 0 Å². The van der Waals surface area contributed by atoms with Gasteiger partial charge in [-0.25, -0.2) is 4.98 Å². The molecule has 0 fully saturated rings. The van der Waals surface area contributed by atoms with E-state index < -0.39 is 0 Å². The Morgan fingerprint density at radius 1 is 1.58 bits per heavy atom. The average Bonchev–Trinajstić information content (AvgIpc) is 3.09. The van der Waals surface area contributed by atoms with Gasteiger partial charge in [0.1, 0.15) is 5.82 Å². The molecule has 2 aromatic rings. The van der Waals surface area contributed by atoms with Crippen molar-refractivity contribution in [2.24, 2.45) is 4.99 Å². The lowest BCUT2D eigenvalue weighted by atomic mass is 10.4. The Morgan fingerprint density at radius 2 is 2.47 bits per heavy atom. The number of H-pyrrole nitrogens is 1. The highest BCUT2D eigenvalue weighted by Crippen LogP contribution is 2.13. The molecule has 7 heteroatoms. The maximum Gasteiger partial charge on any atom is 0.216 e. The summed E-state index contributed by atoms with van der Waals surface area (Å²) < 4.78 is 5.22. The molecule has 2 rings (SSSR count). The average molecular weight is 260 g/mol. The molecule has 0 amide bonds. The van der Waals surface area contributed by atoms with E-state index in [4.69, 9.17) is 4.42 Å². The number of hydrogen-bond donors (Lipinski definition) is 3. The lowest BCUT2D eigenvalue weighted by Gasteiger charge is -2.08. The monoisotopic (exact) mass is 260 g/mol. The second-order valence-corrected chi connectivity index (χ2v) is 3.68. The van der Waals surface area contributed by atoms with E-state index in [0.29, 0.717) is 36.5 Å². The quantitative estimate of drug-likeness (QED) is 0.422. The number of rotatable bonds is 5. The van der Waals surface area contributed by atoms with Gasteiger partial charge in [0, 0.05) is 13.6 Å². The van der Waals surface area contributed by atoms with E-state index in [1.54, 1.807) is 25.5 Å². The fourth-order valence-corrected chi connectivity index (χ4v) is 1.45. The third-order valence-electron chi connectivity index (χ3n) is 2.33. The van der Waals surface area contributed by atoms with Crippen molar-refractivity contribution in [1.82, 2.24) is 25.8 Å². The second-order valence-electron chi connectivity index (χ2n) is 3.68. The van der Waals surface area contributed by atoms with Gasteiger partial charge >= 0.3 is 0 Å². The molecule has 0 aliphatic rings. The minimum atomic E-state index is 0.491. The maximum atomic E-state index is 5.22. The lowest BCUT2D eigenvalue weighted by molar-refractivity contribution is 0.577. The summed E-state index contributed by atoms with van der Waals surface area (Å²) in [6.07, 6.45) is 3.35. The standard InChI is InChI=1S/C12H16N6O/c1-3-6-14-12(13-2)15-8-10-16-11(18-17-10)9-5-4-7-19-9/h3-5,7H,1,6,8H2,2H3,(H2,13,14,15)(H,16,17,18). The van der Waals surface area contributed by atoms with Crippen LogP contribution < -0.4 is 10.6 Å². The van der Waals surface area contributed by atoms with Crippen molar-refractivity contribution >= 4 is 5.96 Å². The van der Waals surface area contributed by atoms with Crippen molar-refractivity contribution < 1.29 is 4.42 Å². The number of aromatic nitrogens is 3. The molecule has 7 nitrogen and oxygen atoms in total. The number of hydrogen-bond acceptors (Lipinski definition) is 4. The van der Waals surface area contributed by atoms with Gasteiger partial charge in [-0.05, 0) is 12.1 Å². The van der Waals surface area contributed by atoms with Gasteiger partial charge < -0.3 is 15.1 Å². The summed E-state index contributed by atoms with van der Waals surface area (Å²) in [5.41, 5.74) is 0. The Bertz CT molecular complexity index is 542. The van der Waals surface area contributed by atoms with Crippen LogP contribution in [0.15, 0.2) is 40.5 Å². The van der Waals surface area contributed by atoms with Crippen LogP contribution in [-0.4, -0.2) is 34.7 Å². The van der Waals surface area contributed by atoms with Crippen molar-refractivity contribution in [2.45, 2.75) is 6.54 Å². The van der Waals surface area contributed by atoms with Gasteiger partial charge in [0.05, 0.1) is 12.8 Å². The number of aliphatic imine (C=N–C) groups is 1. The van der Waals surface area contributed by atoms with Gasteiger partial charge in [-0.15, -0.1) is 11.7 Å². The van der Waals surface area contributed by atoms with Crippen LogP contribution in [0.2, 0.25) is 0 Å². The summed E-state index contributed by atoms with van der Waals surface area (Å²) in [6, 6.07) is 3.61. The molecule has 2 aromatic heterocycles. The van der Waals surface area contributed by atoms with Crippen molar-refractivity contribution in [3.63, 3.8) is 0 Å². The van der Waals surface area contributed by atoms with Crippen LogP contribution in [-0.2, 0) is 6.54 Å². The summed E-state index contributed by atoms with van der Waals surface area (Å²) in [4.78, 5) is 8.38. The first-order valence-electron chi connectivity index (χ1n) is 5.84. The van der Waals surface area contributed by atoms with Crippen molar-refractivity contribution in [2.75, 3.05) is 13.6 Å². The number of nitrogens with zero attached hydrogens (tertiary/aromatic N) is 3. The van der Waals surface area contributed by atoms with Gasteiger partial charge in [-0.3, -0.25) is 10.1 Å². The Hall–Kier alpha value is -2.57. The summed E-state index contributed by atoms with van der Waals surface area (Å²) in [5.74, 6) is 2.55. The summed E-state index contributed by atoms with van der Waals surface area (Å²) in [5, 5.41) is 13.1.